The summed E-state index contributed by atoms with van der Waals surface area (Å²) in [6, 6.07) is 6.25. The fourth-order valence-corrected chi connectivity index (χ4v) is 1.33. The maximum atomic E-state index is 5.70. The second-order valence-electron chi connectivity index (χ2n) is 3.79. The van der Waals surface area contributed by atoms with Crippen molar-refractivity contribution in [2.45, 2.75) is 26.8 Å². The van der Waals surface area contributed by atoms with Crippen molar-refractivity contribution >= 4 is 5.69 Å². The van der Waals surface area contributed by atoms with E-state index in [2.05, 4.69) is 18.3 Å². The Kier molecular flexibility index (Phi) is 4.43. The van der Waals surface area contributed by atoms with Gasteiger partial charge in [0.2, 0.25) is 0 Å². The van der Waals surface area contributed by atoms with Gasteiger partial charge in [0.15, 0.2) is 0 Å². The Morgan fingerprint density at radius 1 is 1.47 bits per heavy atom. The molecule has 0 saturated carbocycles. The molecule has 0 spiro atoms. The van der Waals surface area contributed by atoms with Crippen LogP contribution in [0.1, 0.15) is 19.4 Å². The van der Waals surface area contributed by atoms with E-state index >= 15 is 0 Å². The highest BCUT2D eigenvalue weighted by Crippen LogP contribution is 2.25. The molecule has 0 radical (unpaired) electrons. The van der Waals surface area contributed by atoms with Gasteiger partial charge in [-0.3, -0.25) is 0 Å². The highest BCUT2D eigenvalue weighted by Gasteiger charge is 2.03. The highest BCUT2D eigenvalue weighted by atomic mass is 16.5. The van der Waals surface area contributed by atoms with Crippen LogP contribution in [-0.4, -0.2) is 19.2 Å². The third-order valence-corrected chi connectivity index (χ3v) is 2.05. The van der Waals surface area contributed by atoms with Gasteiger partial charge < -0.3 is 15.8 Å². The van der Waals surface area contributed by atoms with E-state index in [0.717, 1.165) is 18.0 Å². The summed E-state index contributed by atoms with van der Waals surface area (Å²) in [7, 11) is 0. The smallest absolute Gasteiger partial charge is 0.142 e. The van der Waals surface area contributed by atoms with Crippen LogP contribution in [-0.2, 0) is 0 Å². The van der Waals surface area contributed by atoms with Crippen LogP contribution in [0.5, 0.6) is 5.75 Å². The van der Waals surface area contributed by atoms with E-state index in [9.17, 15) is 0 Å². The number of rotatable bonds is 5. The Hall–Kier alpha value is -1.22. The first kappa shape index (κ1) is 11.9. The summed E-state index contributed by atoms with van der Waals surface area (Å²) in [5.74, 6) is 0.892. The second-order valence-corrected chi connectivity index (χ2v) is 3.79. The molecule has 1 aromatic carbocycles. The fourth-order valence-electron chi connectivity index (χ4n) is 1.33. The number of hydrogen-bond donors (Lipinski definition) is 2. The molecule has 15 heavy (non-hydrogen) atoms. The largest absolute Gasteiger partial charge is 0.492 e. The molecule has 0 aliphatic carbocycles. The number of aryl methyl sites for hydroxylation is 1. The van der Waals surface area contributed by atoms with Gasteiger partial charge in [-0.2, -0.15) is 0 Å². The van der Waals surface area contributed by atoms with E-state index in [1.807, 2.05) is 26.0 Å². The zero-order valence-corrected chi connectivity index (χ0v) is 9.71. The molecule has 3 N–H and O–H groups in total. The molecule has 1 aromatic rings. The molecular weight excluding hydrogens is 188 g/mol. The Morgan fingerprint density at radius 2 is 2.20 bits per heavy atom. The lowest BCUT2D eigenvalue weighted by Crippen LogP contribution is -2.25. The molecule has 0 aliphatic rings. The van der Waals surface area contributed by atoms with E-state index in [-0.39, 0.29) is 6.04 Å². The topological polar surface area (TPSA) is 47.3 Å². The van der Waals surface area contributed by atoms with Crippen LogP contribution in [0.2, 0.25) is 0 Å². The quantitative estimate of drug-likeness (QED) is 0.779. The number of hydrogen-bond acceptors (Lipinski definition) is 3. The Morgan fingerprint density at radius 3 is 2.80 bits per heavy atom. The van der Waals surface area contributed by atoms with Crippen molar-refractivity contribution in [2.75, 3.05) is 18.5 Å². The van der Waals surface area contributed by atoms with Crippen LogP contribution < -0.4 is 15.8 Å². The van der Waals surface area contributed by atoms with Crippen molar-refractivity contribution in [1.82, 2.24) is 0 Å². The van der Waals surface area contributed by atoms with E-state index in [4.69, 9.17) is 10.5 Å². The van der Waals surface area contributed by atoms with Gasteiger partial charge >= 0.3 is 0 Å². The molecule has 0 aromatic heterocycles. The maximum absolute atomic E-state index is 5.70. The maximum Gasteiger partial charge on any atom is 0.142 e. The minimum atomic E-state index is 0.139. The summed E-state index contributed by atoms with van der Waals surface area (Å²) in [6.45, 7) is 7.45. The van der Waals surface area contributed by atoms with Gasteiger partial charge in [-0.15, -0.1) is 0 Å². The lowest BCUT2D eigenvalue weighted by molar-refractivity contribution is 0.341. The predicted octanol–water partition coefficient (Wildman–Crippen LogP) is 2.15. The number of nitrogens with two attached hydrogens (primary N) is 1. The summed E-state index contributed by atoms with van der Waals surface area (Å²) in [5, 5.41) is 3.29. The minimum absolute atomic E-state index is 0.139. The van der Waals surface area contributed by atoms with Crippen molar-refractivity contribution in [3.63, 3.8) is 0 Å². The van der Waals surface area contributed by atoms with Crippen molar-refractivity contribution in [1.29, 1.82) is 0 Å². The van der Waals surface area contributed by atoms with Crippen LogP contribution in [0.4, 0.5) is 5.69 Å². The summed E-state index contributed by atoms with van der Waals surface area (Å²) in [6.07, 6.45) is 0. The molecule has 3 nitrogen and oxygen atoms in total. The summed E-state index contributed by atoms with van der Waals surface area (Å²) in [5.41, 5.74) is 7.93. The Bertz CT molecular complexity index is 310. The second kappa shape index (κ2) is 5.61. The average Bonchev–Trinajstić information content (AvgIpc) is 2.18. The van der Waals surface area contributed by atoms with Gasteiger partial charge in [0, 0.05) is 12.6 Å². The van der Waals surface area contributed by atoms with Gasteiger partial charge in [-0.1, -0.05) is 6.07 Å². The molecule has 0 amide bonds. The summed E-state index contributed by atoms with van der Waals surface area (Å²) >= 11 is 0. The van der Waals surface area contributed by atoms with Gasteiger partial charge in [0.25, 0.3) is 0 Å². The molecule has 1 rings (SSSR count). The van der Waals surface area contributed by atoms with E-state index in [0.29, 0.717) is 6.61 Å². The molecular formula is C12H20N2O. The molecule has 0 bridgehead atoms. The van der Waals surface area contributed by atoms with Crippen LogP contribution in [0.25, 0.3) is 0 Å². The first-order chi connectivity index (χ1) is 7.13. The van der Waals surface area contributed by atoms with E-state index in [1.165, 1.54) is 5.56 Å². The minimum Gasteiger partial charge on any atom is -0.492 e. The average molecular weight is 208 g/mol. The molecule has 3 heteroatoms. The van der Waals surface area contributed by atoms with Crippen LogP contribution in [0.3, 0.4) is 0 Å². The van der Waals surface area contributed by atoms with Crippen LogP contribution in [0.15, 0.2) is 18.2 Å². The third-order valence-electron chi connectivity index (χ3n) is 2.05. The molecule has 0 saturated heterocycles. The standard InChI is InChI=1S/C12H20N2O/c1-4-15-12-6-5-9(2)7-11(12)14-8-10(3)13/h5-7,10,14H,4,8,13H2,1-3H3. The fraction of sp³-hybridized carbons (Fsp3) is 0.500. The van der Waals surface area contributed by atoms with Crippen LogP contribution in [0, 0.1) is 6.92 Å². The van der Waals surface area contributed by atoms with Gasteiger partial charge in [-0.25, -0.2) is 0 Å². The lowest BCUT2D eigenvalue weighted by Gasteiger charge is -2.14. The number of benzene rings is 1. The van der Waals surface area contributed by atoms with Crippen molar-refractivity contribution < 1.29 is 4.74 Å². The van der Waals surface area contributed by atoms with E-state index < -0.39 is 0 Å². The zero-order chi connectivity index (χ0) is 11.3. The molecule has 1 unspecified atom stereocenters. The monoisotopic (exact) mass is 208 g/mol. The number of nitrogens with one attached hydrogen (secondary N) is 1. The van der Waals surface area contributed by atoms with Crippen molar-refractivity contribution in [2.24, 2.45) is 5.73 Å². The van der Waals surface area contributed by atoms with E-state index in [1.54, 1.807) is 0 Å². The van der Waals surface area contributed by atoms with Crippen LogP contribution >= 0.6 is 0 Å². The third kappa shape index (κ3) is 3.80. The first-order valence-corrected chi connectivity index (χ1v) is 5.36. The van der Waals surface area contributed by atoms with Gasteiger partial charge in [-0.05, 0) is 38.5 Å². The summed E-state index contributed by atoms with van der Waals surface area (Å²) in [4.78, 5) is 0. The lowest BCUT2D eigenvalue weighted by atomic mass is 10.2. The Balaban J connectivity index is 2.77. The molecule has 0 aliphatic heterocycles. The SMILES string of the molecule is CCOc1ccc(C)cc1NCC(C)N. The molecule has 1 atom stereocenters. The first-order valence-electron chi connectivity index (χ1n) is 5.36. The number of ether oxygens (including phenoxy) is 1. The van der Waals surface area contributed by atoms with Crippen molar-refractivity contribution in [3.8, 4) is 5.75 Å². The Labute approximate surface area is 91.6 Å². The van der Waals surface area contributed by atoms with Gasteiger partial charge in [0.05, 0.1) is 12.3 Å². The molecule has 0 fully saturated rings. The predicted molar refractivity (Wildman–Crippen MR) is 64.5 cm³/mol. The highest BCUT2D eigenvalue weighted by molar-refractivity contribution is 5.58. The number of anilines is 1. The normalized spacial score (nSPS) is 12.3. The zero-order valence-electron chi connectivity index (χ0n) is 9.71. The van der Waals surface area contributed by atoms with Gasteiger partial charge in [0.1, 0.15) is 5.75 Å². The molecule has 84 valence electrons. The molecule has 0 heterocycles. The van der Waals surface area contributed by atoms with Crippen molar-refractivity contribution in [3.05, 3.63) is 23.8 Å². The summed E-state index contributed by atoms with van der Waals surface area (Å²) < 4.78 is 5.52.